The molecule has 25 heavy (non-hydrogen) atoms. The van der Waals surface area contributed by atoms with Crippen LogP contribution in [0.15, 0.2) is 24.3 Å². The molecular formula is C19H31N3O3. The highest BCUT2D eigenvalue weighted by molar-refractivity contribution is 5.89. The number of carbonyl (C=O) groups excluding carboxylic acids is 2. The molecule has 0 aliphatic rings. The Morgan fingerprint density at radius 1 is 1.12 bits per heavy atom. The molecule has 0 unspecified atom stereocenters. The van der Waals surface area contributed by atoms with E-state index in [1.807, 2.05) is 49.9 Å². The van der Waals surface area contributed by atoms with Crippen LogP contribution in [0.2, 0.25) is 0 Å². The Labute approximate surface area is 150 Å². The van der Waals surface area contributed by atoms with E-state index < -0.39 is 11.7 Å². The van der Waals surface area contributed by atoms with Crippen LogP contribution in [0.5, 0.6) is 0 Å². The molecule has 0 aliphatic carbocycles. The number of benzene rings is 1. The van der Waals surface area contributed by atoms with E-state index in [9.17, 15) is 9.59 Å². The van der Waals surface area contributed by atoms with E-state index in [4.69, 9.17) is 4.74 Å². The second kappa shape index (κ2) is 9.91. The third-order valence-corrected chi connectivity index (χ3v) is 3.29. The fourth-order valence-electron chi connectivity index (χ4n) is 2.30. The second-order valence-corrected chi connectivity index (χ2v) is 6.97. The van der Waals surface area contributed by atoms with Crippen molar-refractivity contribution in [1.29, 1.82) is 0 Å². The summed E-state index contributed by atoms with van der Waals surface area (Å²) in [6.07, 6.45) is 1.39. The van der Waals surface area contributed by atoms with Gasteiger partial charge in [0.1, 0.15) is 5.60 Å². The van der Waals surface area contributed by atoms with Crippen molar-refractivity contribution in [1.82, 2.24) is 10.2 Å². The van der Waals surface area contributed by atoms with Gasteiger partial charge in [-0.1, -0.05) is 26.0 Å². The summed E-state index contributed by atoms with van der Waals surface area (Å²) in [6, 6.07) is 7.34. The van der Waals surface area contributed by atoms with Crippen molar-refractivity contribution in [2.45, 2.75) is 59.6 Å². The Morgan fingerprint density at radius 3 is 2.32 bits per heavy atom. The maximum atomic E-state index is 12.4. The number of nitrogens with one attached hydrogen (secondary N) is 2. The minimum Gasteiger partial charge on any atom is -0.444 e. The summed E-state index contributed by atoms with van der Waals surface area (Å²) in [5.74, 6) is 0. The van der Waals surface area contributed by atoms with Crippen LogP contribution in [0.3, 0.4) is 0 Å². The fraction of sp³-hybridized carbons (Fsp3) is 0.579. The van der Waals surface area contributed by atoms with Gasteiger partial charge in [0.15, 0.2) is 0 Å². The monoisotopic (exact) mass is 349 g/mol. The summed E-state index contributed by atoms with van der Waals surface area (Å²) in [6.45, 7) is 11.4. The summed E-state index contributed by atoms with van der Waals surface area (Å²) in [5, 5.41) is 5.64. The maximum absolute atomic E-state index is 12.4. The molecule has 1 rings (SSSR count). The Morgan fingerprint density at radius 2 is 1.76 bits per heavy atom. The standard InChI is InChI=1S/C19H31N3O3/c1-6-11-22(12-7-2)17(23)21-16-10-8-9-15(13-16)14-20-18(24)25-19(3,4)5/h8-10,13H,6-7,11-12,14H2,1-5H3,(H,20,24)(H,21,23). The molecule has 6 nitrogen and oxygen atoms in total. The third kappa shape index (κ3) is 8.42. The predicted octanol–water partition coefficient (Wildman–Crippen LogP) is 4.37. The number of ether oxygens (including phenoxy) is 1. The van der Waals surface area contributed by atoms with Crippen molar-refractivity contribution in [3.63, 3.8) is 0 Å². The van der Waals surface area contributed by atoms with Crippen LogP contribution >= 0.6 is 0 Å². The smallest absolute Gasteiger partial charge is 0.407 e. The number of amides is 3. The van der Waals surface area contributed by atoms with E-state index in [1.165, 1.54) is 0 Å². The molecule has 0 atom stereocenters. The van der Waals surface area contributed by atoms with Crippen LogP contribution in [0.1, 0.15) is 53.0 Å². The number of hydrogen-bond acceptors (Lipinski definition) is 3. The van der Waals surface area contributed by atoms with Crippen molar-refractivity contribution in [2.75, 3.05) is 18.4 Å². The molecule has 1 aromatic rings. The molecule has 0 bridgehead atoms. The van der Waals surface area contributed by atoms with Gasteiger partial charge in [-0.3, -0.25) is 0 Å². The number of anilines is 1. The van der Waals surface area contributed by atoms with Gasteiger partial charge in [-0.25, -0.2) is 9.59 Å². The summed E-state index contributed by atoms with van der Waals surface area (Å²) < 4.78 is 5.21. The minimum absolute atomic E-state index is 0.0963. The zero-order chi connectivity index (χ0) is 18.9. The van der Waals surface area contributed by atoms with Gasteiger partial charge in [-0.05, 0) is 51.3 Å². The van der Waals surface area contributed by atoms with Crippen molar-refractivity contribution < 1.29 is 14.3 Å². The lowest BCUT2D eigenvalue weighted by molar-refractivity contribution is 0.0523. The first kappa shape index (κ1) is 20.8. The van der Waals surface area contributed by atoms with Gasteiger partial charge in [0, 0.05) is 25.3 Å². The maximum Gasteiger partial charge on any atom is 0.407 e. The Balaban J connectivity index is 2.62. The van der Waals surface area contributed by atoms with Crippen molar-refractivity contribution in [3.8, 4) is 0 Å². The molecule has 0 aliphatic heterocycles. The normalized spacial score (nSPS) is 10.9. The highest BCUT2D eigenvalue weighted by Crippen LogP contribution is 2.12. The zero-order valence-electron chi connectivity index (χ0n) is 16.0. The SMILES string of the molecule is CCCN(CCC)C(=O)Nc1cccc(CNC(=O)OC(C)(C)C)c1. The lowest BCUT2D eigenvalue weighted by Crippen LogP contribution is -2.36. The summed E-state index contributed by atoms with van der Waals surface area (Å²) >= 11 is 0. The number of alkyl carbamates (subject to hydrolysis) is 1. The van der Waals surface area contributed by atoms with Crippen molar-refractivity contribution in [3.05, 3.63) is 29.8 Å². The molecule has 0 spiro atoms. The lowest BCUT2D eigenvalue weighted by atomic mass is 10.2. The molecule has 2 N–H and O–H groups in total. The van der Waals surface area contributed by atoms with Gasteiger partial charge >= 0.3 is 12.1 Å². The molecule has 6 heteroatoms. The highest BCUT2D eigenvalue weighted by Gasteiger charge is 2.16. The number of carbonyl (C=O) groups is 2. The molecule has 0 radical (unpaired) electrons. The van der Waals surface area contributed by atoms with Crippen molar-refractivity contribution in [2.24, 2.45) is 0 Å². The molecule has 0 saturated carbocycles. The fourth-order valence-corrected chi connectivity index (χ4v) is 2.30. The molecule has 1 aromatic carbocycles. The average Bonchev–Trinajstić information content (AvgIpc) is 2.51. The highest BCUT2D eigenvalue weighted by atomic mass is 16.6. The predicted molar refractivity (Wildman–Crippen MR) is 101 cm³/mol. The van der Waals surface area contributed by atoms with E-state index in [-0.39, 0.29) is 6.03 Å². The largest absolute Gasteiger partial charge is 0.444 e. The van der Waals surface area contributed by atoms with E-state index in [0.29, 0.717) is 12.2 Å². The molecule has 0 heterocycles. The average molecular weight is 349 g/mol. The van der Waals surface area contributed by atoms with Gasteiger partial charge in [0.25, 0.3) is 0 Å². The zero-order valence-corrected chi connectivity index (χ0v) is 16.0. The van der Waals surface area contributed by atoms with Crippen molar-refractivity contribution >= 4 is 17.8 Å². The van der Waals surface area contributed by atoms with E-state index in [1.54, 1.807) is 0 Å². The van der Waals surface area contributed by atoms with Crippen LogP contribution in [-0.4, -0.2) is 35.7 Å². The first-order chi connectivity index (χ1) is 11.7. The number of nitrogens with zero attached hydrogens (tertiary/aromatic N) is 1. The molecule has 140 valence electrons. The van der Waals surface area contributed by atoms with Gasteiger partial charge in [0.2, 0.25) is 0 Å². The minimum atomic E-state index is -0.526. The Bertz CT molecular complexity index is 561. The number of hydrogen-bond donors (Lipinski definition) is 2. The summed E-state index contributed by atoms with van der Waals surface area (Å²) in [7, 11) is 0. The number of urea groups is 1. The van der Waals surface area contributed by atoms with Crippen LogP contribution in [-0.2, 0) is 11.3 Å². The topological polar surface area (TPSA) is 70.7 Å². The lowest BCUT2D eigenvalue weighted by Gasteiger charge is -2.22. The number of rotatable bonds is 7. The summed E-state index contributed by atoms with van der Waals surface area (Å²) in [5.41, 5.74) is 1.08. The first-order valence-electron chi connectivity index (χ1n) is 8.87. The second-order valence-electron chi connectivity index (χ2n) is 6.97. The Hall–Kier alpha value is -2.24. The molecule has 3 amide bonds. The van der Waals surface area contributed by atoms with Gasteiger partial charge in [-0.15, -0.1) is 0 Å². The van der Waals surface area contributed by atoms with Gasteiger partial charge < -0.3 is 20.3 Å². The van der Waals surface area contributed by atoms with Crippen LogP contribution in [0.25, 0.3) is 0 Å². The quantitative estimate of drug-likeness (QED) is 0.768. The van der Waals surface area contributed by atoms with Crippen LogP contribution in [0.4, 0.5) is 15.3 Å². The van der Waals surface area contributed by atoms with Crippen LogP contribution < -0.4 is 10.6 Å². The molecule has 0 fully saturated rings. The van der Waals surface area contributed by atoms with Crippen LogP contribution in [0, 0.1) is 0 Å². The molecular weight excluding hydrogens is 318 g/mol. The first-order valence-corrected chi connectivity index (χ1v) is 8.87. The molecule has 0 saturated heterocycles. The molecule has 0 aromatic heterocycles. The van der Waals surface area contributed by atoms with E-state index >= 15 is 0 Å². The Kier molecular flexibility index (Phi) is 8.25. The van der Waals surface area contributed by atoms with Gasteiger partial charge in [-0.2, -0.15) is 0 Å². The van der Waals surface area contributed by atoms with E-state index in [0.717, 1.165) is 31.5 Å². The summed E-state index contributed by atoms with van der Waals surface area (Å²) in [4.78, 5) is 25.9. The van der Waals surface area contributed by atoms with Gasteiger partial charge in [0.05, 0.1) is 0 Å². The third-order valence-electron chi connectivity index (χ3n) is 3.29. The van der Waals surface area contributed by atoms with E-state index in [2.05, 4.69) is 24.5 Å².